The number of alkyl halides is 3. The van der Waals surface area contributed by atoms with Gasteiger partial charge in [0.1, 0.15) is 5.01 Å². The maximum absolute atomic E-state index is 12.5. The van der Waals surface area contributed by atoms with Crippen molar-refractivity contribution in [3.8, 4) is 11.3 Å². The Bertz CT molecular complexity index is 600. The van der Waals surface area contributed by atoms with Crippen LogP contribution >= 0.6 is 11.3 Å². The first-order valence-electron chi connectivity index (χ1n) is 6.34. The lowest BCUT2D eigenvalue weighted by atomic mass is 10.1. The van der Waals surface area contributed by atoms with E-state index in [0.29, 0.717) is 17.2 Å². The Balaban J connectivity index is 1.82. The first-order chi connectivity index (χ1) is 9.45. The van der Waals surface area contributed by atoms with Gasteiger partial charge in [0.2, 0.25) is 0 Å². The van der Waals surface area contributed by atoms with Crippen molar-refractivity contribution in [2.45, 2.75) is 25.1 Å². The number of aromatic nitrogens is 1. The molecule has 1 aliphatic rings. The lowest BCUT2D eigenvalue weighted by Crippen LogP contribution is -2.11. The van der Waals surface area contributed by atoms with Crippen LogP contribution in [0.1, 0.15) is 29.5 Å². The van der Waals surface area contributed by atoms with Gasteiger partial charge in [-0.1, -0.05) is 12.1 Å². The van der Waals surface area contributed by atoms with Crippen LogP contribution in [-0.4, -0.2) is 4.98 Å². The molecule has 0 spiro atoms. The van der Waals surface area contributed by atoms with E-state index in [1.54, 1.807) is 0 Å². The number of halogens is 3. The number of hydrogen-bond acceptors (Lipinski definition) is 3. The summed E-state index contributed by atoms with van der Waals surface area (Å²) in [6, 6.07) is 5.02. The minimum absolute atomic E-state index is 0.0387. The fraction of sp³-hybridized carbons (Fsp3) is 0.357. The van der Waals surface area contributed by atoms with Crippen LogP contribution in [0.4, 0.5) is 13.2 Å². The van der Waals surface area contributed by atoms with Crippen molar-refractivity contribution in [3.05, 3.63) is 40.2 Å². The number of nitrogens with two attached hydrogens (primary N) is 1. The summed E-state index contributed by atoms with van der Waals surface area (Å²) in [5.41, 5.74) is 6.80. The molecule has 0 aliphatic heterocycles. The Morgan fingerprint density at radius 2 is 1.85 bits per heavy atom. The molecule has 3 rings (SSSR count). The second-order valence-corrected chi connectivity index (χ2v) is 5.90. The zero-order chi connectivity index (χ0) is 14.3. The standard InChI is InChI=1S/C14H13F3N2S/c15-14(16,17)10-5-3-8(4-6-10)11-7-20-13(19-11)12(18)9-1-2-9/h3-7,9,12H,1-2,18H2. The van der Waals surface area contributed by atoms with E-state index in [9.17, 15) is 13.2 Å². The fourth-order valence-corrected chi connectivity index (χ4v) is 2.98. The molecule has 0 amide bonds. The largest absolute Gasteiger partial charge is 0.416 e. The van der Waals surface area contributed by atoms with Gasteiger partial charge >= 0.3 is 6.18 Å². The van der Waals surface area contributed by atoms with Gasteiger partial charge in [-0.3, -0.25) is 0 Å². The molecule has 1 heterocycles. The van der Waals surface area contributed by atoms with Crippen LogP contribution < -0.4 is 5.73 Å². The Hall–Kier alpha value is -1.40. The molecular weight excluding hydrogens is 285 g/mol. The van der Waals surface area contributed by atoms with Gasteiger partial charge in [0.25, 0.3) is 0 Å². The molecule has 1 saturated carbocycles. The van der Waals surface area contributed by atoms with E-state index < -0.39 is 11.7 Å². The average Bonchev–Trinajstić information content (AvgIpc) is 3.14. The molecule has 1 aliphatic carbocycles. The second kappa shape index (κ2) is 4.86. The van der Waals surface area contributed by atoms with Gasteiger partial charge in [-0.25, -0.2) is 4.98 Å². The van der Waals surface area contributed by atoms with E-state index in [-0.39, 0.29) is 6.04 Å². The summed E-state index contributed by atoms with van der Waals surface area (Å²) in [4.78, 5) is 4.45. The van der Waals surface area contributed by atoms with Crippen LogP contribution in [0.2, 0.25) is 0 Å². The maximum atomic E-state index is 12.5. The lowest BCUT2D eigenvalue weighted by molar-refractivity contribution is -0.137. The molecule has 1 atom stereocenters. The van der Waals surface area contributed by atoms with Crippen molar-refractivity contribution in [1.82, 2.24) is 4.98 Å². The Kier molecular flexibility index (Phi) is 3.30. The van der Waals surface area contributed by atoms with Crippen LogP contribution in [0.5, 0.6) is 0 Å². The Morgan fingerprint density at radius 1 is 1.20 bits per heavy atom. The van der Waals surface area contributed by atoms with Gasteiger partial charge < -0.3 is 5.73 Å². The number of benzene rings is 1. The zero-order valence-corrected chi connectivity index (χ0v) is 11.3. The van der Waals surface area contributed by atoms with Gasteiger partial charge in [-0.15, -0.1) is 11.3 Å². The molecule has 1 aromatic heterocycles. The molecule has 106 valence electrons. The van der Waals surface area contributed by atoms with Crippen molar-refractivity contribution in [1.29, 1.82) is 0 Å². The molecule has 1 unspecified atom stereocenters. The predicted octanol–water partition coefficient (Wildman–Crippen LogP) is 4.24. The summed E-state index contributed by atoms with van der Waals surface area (Å²) in [6.07, 6.45) is -2.03. The summed E-state index contributed by atoms with van der Waals surface area (Å²) in [7, 11) is 0. The topological polar surface area (TPSA) is 38.9 Å². The third kappa shape index (κ3) is 2.71. The quantitative estimate of drug-likeness (QED) is 0.920. The van der Waals surface area contributed by atoms with Crippen LogP contribution in [0, 0.1) is 5.92 Å². The van der Waals surface area contributed by atoms with Gasteiger partial charge in [-0.2, -0.15) is 13.2 Å². The average molecular weight is 298 g/mol. The summed E-state index contributed by atoms with van der Waals surface area (Å²) in [5, 5.41) is 2.71. The number of hydrogen-bond donors (Lipinski definition) is 1. The Labute approximate surface area is 118 Å². The summed E-state index contributed by atoms with van der Waals surface area (Å²) in [6.45, 7) is 0. The highest BCUT2D eigenvalue weighted by molar-refractivity contribution is 7.10. The number of rotatable bonds is 3. The van der Waals surface area contributed by atoms with E-state index in [1.165, 1.54) is 23.5 Å². The molecule has 6 heteroatoms. The number of thiazole rings is 1. The van der Waals surface area contributed by atoms with Crippen LogP contribution in [0.15, 0.2) is 29.6 Å². The van der Waals surface area contributed by atoms with Crippen LogP contribution in [-0.2, 0) is 6.18 Å². The second-order valence-electron chi connectivity index (χ2n) is 5.01. The van der Waals surface area contributed by atoms with E-state index in [0.717, 1.165) is 30.0 Å². The normalized spacial score (nSPS) is 17.2. The van der Waals surface area contributed by atoms with Crippen molar-refractivity contribution in [2.24, 2.45) is 11.7 Å². The predicted molar refractivity (Wildman–Crippen MR) is 72.2 cm³/mol. The Morgan fingerprint density at radius 3 is 2.40 bits per heavy atom. The molecule has 1 fully saturated rings. The first kappa shape index (κ1) is 13.6. The molecular formula is C14H13F3N2S. The highest BCUT2D eigenvalue weighted by Crippen LogP contribution is 2.41. The minimum atomic E-state index is -4.31. The minimum Gasteiger partial charge on any atom is -0.322 e. The molecule has 20 heavy (non-hydrogen) atoms. The van der Waals surface area contributed by atoms with Gasteiger partial charge in [0, 0.05) is 10.9 Å². The molecule has 2 aromatic rings. The lowest BCUT2D eigenvalue weighted by Gasteiger charge is -2.07. The van der Waals surface area contributed by atoms with Crippen molar-refractivity contribution >= 4 is 11.3 Å². The van der Waals surface area contributed by atoms with Crippen molar-refractivity contribution < 1.29 is 13.2 Å². The van der Waals surface area contributed by atoms with E-state index in [4.69, 9.17) is 5.73 Å². The number of nitrogens with zero attached hydrogens (tertiary/aromatic N) is 1. The maximum Gasteiger partial charge on any atom is 0.416 e. The van der Waals surface area contributed by atoms with Gasteiger partial charge in [-0.05, 0) is 30.9 Å². The summed E-state index contributed by atoms with van der Waals surface area (Å²) < 4.78 is 37.5. The zero-order valence-electron chi connectivity index (χ0n) is 10.5. The highest BCUT2D eigenvalue weighted by atomic mass is 32.1. The van der Waals surface area contributed by atoms with Crippen molar-refractivity contribution in [3.63, 3.8) is 0 Å². The SMILES string of the molecule is NC(c1nc(-c2ccc(C(F)(F)F)cc2)cs1)C1CC1. The van der Waals surface area contributed by atoms with E-state index >= 15 is 0 Å². The van der Waals surface area contributed by atoms with Crippen molar-refractivity contribution in [2.75, 3.05) is 0 Å². The third-order valence-corrected chi connectivity index (χ3v) is 4.39. The first-order valence-corrected chi connectivity index (χ1v) is 7.22. The smallest absolute Gasteiger partial charge is 0.322 e. The monoisotopic (exact) mass is 298 g/mol. The molecule has 0 saturated heterocycles. The van der Waals surface area contributed by atoms with Crippen LogP contribution in [0.3, 0.4) is 0 Å². The van der Waals surface area contributed by atoms with Gasteiger partial charge in [0.05, 0.1) is 17.3 Å². The van der Waals surface area contributed by atoms with E-state index in [1.807, 2.05) is 5.38 Å². The summed E-state index contributed by atoms with van der Waals surface area (Å²) in [5.74, 6) is 0.515. The van der Waals surface area contributed by atoms with Gasteiger partial charge in [0.15, 0.2) is 0 Å². The van der Waals surface area contributed by atoms with E-state index in [2.05, 4.69) is 4.98 Å². The molecule has 2 N–H and O–H groups in total. The third-order valence-electron chi connectivity index (χ3n) is 3.44. The van der Waals surface area contributed by atoms with Crippen LogP contribution in [0.25, 0.3) is 11.3 Å². The highest BCUT2D eigenvalue weighted by Gasteiger charge is 2.32. The molecule has 0 bridgehead atoms. The summed E-state index contributed by atoms with van der Waals surface area (Å²) >= 11 is 1.47. The molecule has 2 nitrogen and oxygen atoms in total. The fourth-order valence-electron chi connectivity index (χ4n) is 2.06. The molecule has 0 radical (unpaired) electrons. The molecule has 1 aromatic carbocycles.